The molecule has 0 aliphatic carbocycles. The van der Waals surface area contributed by atoms with E-state index in [1.54, 1.807) is 11.3 Å². The van der Waals surface area contributed by atoms with Gasteiger partial charge in [0.05, 0.1) is 0 Å². The Labute approximate surface area is 94.1 Å². The molecule has 1 unspecified atom stereocenters. The van der Waals surface area contributed by atoms with Gasteiger partial charge in [-0.1, -0.05) is 25.1 Å². The van der Waals surface area contributed by atoms with Gasteiger partial charge >= 0.3 is 0 Å². The molecule has 2 aromatic rings. The van der Waals surface area contributed by atoms with Crippen molar-refractivity contribution >= 4 is 21.4 Å². The number of likely N-dealkylation sites (N-methyl/N-ethyl adjacent to an activating group) is 1. The van der Waals surface area contributed by atoms with Crippen LogP contribution in [0, 0.1) is 0 Å². The van der Waals surface area contributed by atoms with Crippen LogP contribution >= 0.6 is 11.3 Å². The summed E-state index contributed by atoms with van der Waals surface area (Å²) in [4.78, 5) is 0. The summed E-state index contributed by atoms with van der Waals surface area (Å²) in [7, 11) is 0. The first kappa shape index (κ1) is 10.6. The van der Waals surface area contributed by atoms with Crippen LogP contribution in [0.1, 0.15) is 18.5 Å². The average Bonchev–Trinajstić information content (AvgIpc) is 2.70. The molecule has 0 amide bonds. The highest BCUT2D eigenvalue weighted by Crippen LogP contribution is 2.29. The quantitative estimate of drug-likeness (QED) is 0.831. The summed E-state index contributed by atoms with van der Waals surface area (Å²) in [5.41, 5.74) is 7.12. The lowest BCUT2D eigenvalue weighted by atomic mass is 10.1. The molecule has 3 N–H and O–H groups in total. The molecule has 1 aromatic heterocycles. The lowest BCUT2D eigenvalue weighted by molar-refractivity contribution is 0.566. The molecule has 2 nitrogen and oxygen atoms in total. The summed E-state index contributed by atoms with van der Waals surface area (Å²) in [5, 5.41) is 6.95. The molecule has 0 aliphatic rings. The van der Waals surface area contributed by atoms with E-state index in [1.165, 1.54) is 15.6 Å². The number of hydrogen-bond donors (Lipinski definition) is 2. The maximum atomic E-state index is 5.78. The number of benzene rings is 1. The van der Waals surface area contributed by atoms with Gasteiger partial charge in [-0.05, 0) is 28.9 Å². The first-order valence-electron chi connectivity index (χ1n) is 5.26. The zero-order valence-corrected chi connectivity index (χ0v) is 9.68. The van der Waals surface area contributed by atoms with Gasteiger partial charge in [-0.15, -0.1) is 11.3 Å². The first-order valence-corrected chi connectivity index (χ1v) is 6.14. The summed E-state index contributed by atoms with van der Waals surface area (Å²) in [5.74, 6) is 0. The molecular weight excluding hydrogens is 204 g/mol. The molecule has 0 bridgehead atoms. The van der Waals surface area contributed by atoms with Gasteiger partial charge in [0, 0.05) is 17.3 Å². The minimum absolute atomic E-state index is 0.283. The molecule has 0 saturated heterocycles. The Hall–Kier alpha value is -0.900. The van der Waals surface area contributed by atoms with Crippen LogP contribution in [0.4, 0.5) is 0 Å². The van der Waals surface area contributed by atoms with Crippen LogP contribution in [0.3, 0.4) is 0 Å². The molecule has 0 spiro atoms. The fraction of sp³-hybridized carbons (Fsp3) is 0.333. The Morgan fingerprint density at radius 3 is 2.93 bits per heavy atom. The number of nitrogens with two attached hydrogens (primary N) is 1. The smallest absolute Gasteiger partial charge is 0.0458 e. The molecule has 0 aliphatic heterocycles. The summed E-state index contributed by atoms with van der Waals surface area (Å²) in [6.45, 7) is 3.71. The van der Waals surface area contributed by atoms with Crippen LogP contribution in [0.2, 0.25) is 0 Å². The minimum atomic E-state index is 0.283. The van der Waals surface area contributed by atoms with Crippen molar-refractivity contribution in [3.8, 4) is 0 Å². The molecule has 3 heteroatoms. The van der Waals surface area contributed by atoms with Crippen LogP contribution in [0.5, 0.6) is 0 Å². The molecule has 0 fully saturated rings. The molecular formula is C12H16N2S. The Bertz CT molecular complexity index is 436. The molecule has 15 heavy (non-hydrogen) atoms. The fourth-order valence-corrected chi connectivity index (χ4v) is 2.85. The highest BCUT2D eigenvalue weighted by Gasteiger charge is 2.12. The highest BCUT2D eigenvalue weighted by molar-refractivity contribution is 7.17. The van der Waals surface area contributed by atoms with E-state index in [4.69, 9.17) is 5.73 Å². The van der Waals surface area contributed by atoms with Gasteiger partial charge in [-0.25, -0.2) is 0 Å². The summed E-state index contributed by atoms with van der Waals surface area (Å²) < 4.78 is 1.34. The van der Waals surface area contributed by atoms with Crippen molar-refractivity contribution in [1.82, 2.24) is 5.32 Å². The van der Waals surface area contributed by atoms with Gasteiger partial charge in [0.15, 0.2) is 0 Å². The number of nitrogens with one attached hydrogen (secondary N) is 1. The first-order chi connectivity index (χ1) is 7.36. The van der Waals surface area contributed by atoms with Gasteiger partial charge in [-0.3, -0.25) is 0 Å². The number of thiophene rings is 1. The van der Waals surface area contributed by atoms with Crippen LogP contribution in [0.15, 0.2) is 29.6 Å². The molecule has 1 heterocycles. The van der Waals surface area contributed by atoms with E-state index in [0.717, 1.165) is 6.54 Å². The van der Waals surface area contributed by atoms with Gasteiger partial charge in [0.2, 0.25) is 0 Å². The van der Waals surface area contributed by atoms with Crippen molar-refractivity contribution in [2.75, 3.05) is 13.1 Å². The summed E-state index contributed by atoms with van der Waals surface area (Å²) in [6, 6.07) is 8.77. The van der Waals surface area contributed by atoms with Gasteiger partial charge < -0.3 is 11.1 Å². The number of hydrogen-bond acceptors (Lipinski definition) is 3. The minimum Gasteiger partial charge on any atom is -0.329 e. The monoisotopic (exact) mass is 220 g/mol. The largest absolute Gasteiger partial charge is 0.329 e. The number of fused-ring (bicyclic) bond motifs is 1. The summed E-state index contributed by atoms with van der Waals surface area (Å²) in [6.07, 6.45) is 0. The van der Waals surface area contributed by atoms with Crippen molar-refractivity contribution in [3.63, 3.8) is 0 Å². The van der Waals surface area contributed by atoms with E-state index in [0.29, 0.717) is 6.54 Å². The van der Waals surface area contributed by atoms with E-state index in [9.17, 15) is 0 Å². The Morgan fingerprint density at radius 1 is 1.40 bits per heavy atom. The van der Waals surface area contributed by atoms with Crippen molar-refractivity contribution in [1.29, 1.82) is 0 Å². The predicted molar refractivity (Wildman–Crippen MR) is 67.3 cm³/mol. The normalized spacial score (nSPS) is 13.2. The van der Waals surface area contributed by atoms with Crippen LogP contribution in [0.25, 0.3) is 10.1 Å². The third-order valence-corrected chi connectivity index (χ3v) is 3.55. The van der Waals surface area contributed by atoms with E-state index in [2.05, 4.69) is 41.9 Å². The maximum Gasteiger partial charge on any atom is 0.0458 e. The van der Waals surface area contributed by atoms with Crippen LogP contribution < -0.4 is 11.1 Å². The van der Waals surface area contributed by atoms with Crippen molar-refractivity contribution < 1.29 is 0 Å². The molecule has 1 aromatic carbocycles. The second-order valence-corrected chi connectivity index (χ2v) is 4.44. The SMILES string of the molecule is CCNC(CN)c1csc2ccccc12. The summed E-state index contributed by atoms with van der Waals surface area (Å²) >= 11 is 1.79. The Balaban J connectivity index is 2.41. The standard InChI is InChI=1S/C12H16N2S/c1-2-14-11(7-13)10-8-15-12-6-4-3-5-9(10)12/h3-6,8,11,14H,2,7,13H2,1H3. The Kier molecular flexibility index (Phi) is 3.36. The van der Waals surface area contributed by atoms with Crippen LogP contribution in [-0.2, 0) is 0 Å². The topological polar surface area (TPSA) is 38.0 Å². The fourth-order valence-electron chi connectivity index (χ4n) is 1.83. The molecule has 1 atom stereocenters. The van der Waals surface area contributed by atoms with Gasteiger partial charge in [-0.2, -0.15) is 0 Å². The molecule has 0 radical (unpaired) electrons. The third kappa shape index (κ3) is 2.04. The zero-order valence-electron chi connectivity index (χ0n) is 8.86. The maximum absolute atomic E-state index is 5.78. The van der Waals surface area contributed by atoms with Gasteiger partial charge in [0.1, 0.15) is 0 Å². The second-order valence-electron chi connectivity index (χ2n) is 3.53. The van der Waals surface area contributed by atoms with E-state index in [1.807, 2.05) is 0 Å². The third-order valence-electron chi connectivity index (χ3n) is 2.57. The van der Waals surface area contributed by atoms with E-state index in [-0.39, 0.29) is 6.04 Å². The average molecular weight is 220 g/mol. The van der Waals surface area contributed by atoms with Crippen molar-refractivity contribution in [2.24, 2.45) is 5.73 Å². The Morgan fingerprint density at radius 2 is 2.20 bits per heavy atom. The zero-order chi connectivity index (χ0) is 10.7. The predicted octanol–water partition coefficient (Wildman–Crippen LogP) is 2.51. The molecule has 80 valence electrons. The van der Waals surface area contributed by atoms with Gasteiger partial charge in [0.25, 0.3) is 0 Å². The van der Waals surface area contributed by atoms with Crippen molar-refractivity contribution in [2.45, 2.75) is 13.0 Å². The number of rotatable bonds is 4. The molecule has 2 rings (SSSR count). The highest BCUT2D eigenvalue weighted by atomic mass is 32.1. The lowest BCUT2D eigenvalue weighted by Crippen LogP contribution is -2.27. The van der Waals surface area contributed by atoms with Crippen molar-refractivity contribution in [3.05, 3.63) is 35.2 Å². The van der Waals surface area contributed by atoms with Crippen LogP contribution in [-0.4, -0.2) is 13.1 Å². The molecule has 0 saturated carbocycles. The second kappa shape index (κ2) is 4.75. The van der Waals surface area contributed by atoms with E-state index >= 15 is 0 Å². The lowest BCUT2D eigenvalue weighted by Gasteiger charge is -2.14. The van der Waals surface area contributed by atoms with E-state index < -0.39 is 0 Å².